The summed E-state index contributed by atoms with van der Waals surface area (Å²) >= 11 is 0. The van der Waals surface area contributed by atoms with Crippen molar-refractivity contribution in [3.8, 4) is 0 Å². The van der Waals surface area contributed by atoms with Gasteiger partial charge in [0.2, 0.25) is 0 Å². The van der Waals surface area contributed by atoms with Crippen molar-refractivity contribution in [3.63, 3.8) is 0 Å². The van der Waals surface area contributed by atoms with Crippen LogP contribution in [0, 0.1) is 62.3 Å². The minimum absolute atomic E-state index is 0.957. The molecule has 18 heteroatoms. The minimum Gasteiger partial charge on any atom is -0.264 e. The Morgan fingerprint density at radius 3 is 1.20 bits per heavy atom. The summed E-state index contributed by atoms with van der Waals surface area (Å²) in [4.78, 5) is 74.4. The van der Waals surface area contributed by atoms with Crippen molar-refractivity contribution < 1.29 is 0 Å². The first-order valence-electron chi connectivity index (χ1n) is 40.8. The molecule has 0 saturated heterocycles. The first kappa shape index (κ1) is 102. The molecule has 18 aromatic rings. The zero-order valence-electron chi connectivity index (χ0n) is 74.5. The first-order valence-corrected chi connectivity index (χ1v) is 40.8. The minimum atomic E-state index is 0.957. The van der Waals surface area contributed by atoms with Crippen molar-refractivity contribution in [2.45, 2.75) is 187 Å². The maximum Gasteiger partial charge on any atom is 0.116 e. The number of hydrogen-bond acceptors (Lipinski definition) is 18. The molecule has 117 heavy (non-hydrogen) atoms. The number of nitrogens with zero attached hydrogens (tertiary/aromatic N) is 18. The Morgan fingerprint density at radius 1 is 0.179 bits per heavy atom. The summed E-state index contributed by atoms with van der Waals surface area (Å²) in [5, 5.41) is 11.5. The lowest BCUT2D eigenvalue weighted by molar-refractivity contribution is 1.15. The van der Waals surface area contributed by atoms with E-state index in [1.807, 2.05) is 358 Å². The zero-order valence-corrected chi connectivity index (χ0v) is 74.5. The predicted octanol–water partition coefficient (Wildman–Crippen LogP) is 26.7. The van der Waals surface area contributed by atoms with Crippen molar-refractivity contribution in [3.05, 3.63) is 327 Å². The van der Waals surface area contributed by atoms with Gasteiger partial charge < -0.3 is 0 Å². The van der Waals surface area contributed by atoms with Crippen LogP contribution in [0.5, 0.6) is 0 Å². The number of pyridine rings is 16. The van der Waals surface area contributed by atoms with E-state index < -0.39 is 0 Å². The summed E-state index contributed by atoms with van der Waals surface area (Å²) in [5.41, 5.74) is 17.7. The molecule has 0 spiro atoms. The molecule has 0 aliphatic heterocycles. The maximum atomic E-state index is 4.24. The number of hydrogen-bond donors (Lipinski definition) is 0. The second kappa shape index (κ2) is 62.5. The molecule has 0 atom stereocenters. The van der Waals surface area contributed by atoms with Crippen LogP contribution in [0.1, 0.15) is 175 Å². The van der Waals surface area contributed by atoms with Crippen LogP contribution in [-0.4, -0.2) is 89.7 Å². The van der Waals surface area contributed by atoms with Crippen LogP contribution in [0.25, 0.3) is 98.0 Å². The number of rotatable bonds is 0. The van der Waals surface area contributed by atoms with Gasteiger partial charge in [0, 0.05) is 189 Å². The SMILES string of the molecule is CC.CC.CC.CC.CC.CC.CC.CC.CC.Cc1cnc2cccnc2c1.Cc1cnc2ccncc2c1.Cc1cnc2cnccc2c1.Cc1cncc2ncccc12.Cc1nccc2cccnc12.Cc1nccc2ccncc12.Cc1nccc2cnccc12.Cc1nccc2ncccc12.Cc1ncnc2ccccc12. The quantitative estimate of drug-likeness (QED) is 0.137. The lowest BCUT2D eigenvalue weighted by Gasteiger charge is -1.97. The standard InChI is InChI=1S/9C9H8N2.9C2H6/c1-7-9-3-4-10-6-8(9)2-5-11-7;1-7-9-6-10-4-2-8(9)3-5-11-7;1-7-4-8-6-10-3-2-9(8)11-5-7;1-7-4-8-2-3-10-6-9(8)11-5-7;1-7-8-3-2-5-11-9(8)4-6-10-7;1-7-9-8(4-6-10-7)3-2-5-11-9;1-7-5-10-6-9-8(7)3-2-4-11-9;1-7-5-9-8(11-6-7)3-2-4-10-9;1-7-8-4-2-3-5-9(8)11-6-10-7;9*1-2/h9*2-6H,1H3;9*1-2H3. The van der Waals surface area contributed by atoms with Crippen molar-refractivity contribution in [1.29, 1.82) is 0 Å². The van der Waals surface area contributed by atoms with Gasteiger partial charge in [-0.3, -0.25) is 79.7 Å². The lowest BCUT2D eigenvalue weighted by atomic mass is 10.2. The lowest BCUT2D eigenvalue weighted by Crippen LogP contribution is -1.85. The summed E-state index contributed by atoms with van der Waals surface area (Å²) in [6.07, 6.45) is 39.6. The second-order valence-electron chi connectivity index (χ2n) is 22.6. The monoisotopic (exact) mass is 1570 g/mol. The highest BCUT2D eigenvalue weighted by molar-refractivity contribution is 5.85. The van der Waals surface area contributed by atoms with E-state index in [0.29, 0.717) is 0 Å². The topological polar surface area (TPSA) is 232 Å². The molecule has 0 fully saturated rings. The Labute approximate surface area is 697 Å². The number of aryl methyl sites for hydroxylation is 9. The van der Waals surface area contributed by atoms with Gasteiger partial charge in [-0.15, -0.1) is 0 Å². The van der Waals surface area contributed by atoms with E-state index in [1.165, 1.54) is 32.8 Å². The smallest absolute Gasteiger partial charge is 0.116 e. The summed E-state index contributed by atoms with van der Waals surface area (Å²) in [6.45, 7) is 54.1. The van der Waals surface area contributed by atoms with E-state index in [2.05, 4.69) is 108 Å². The Bertz CT molecular complexity index is 4810. The van der Waals surface area contributed by atoms with Crippen molar-refractivity contribution in [1.82, 2.24) is 89.7 Å². The molecule has 18 nitrogen and oxygen atoms in total. The molecule has 0 amide bonds. The van der Waals surface area contributed by atoms with Crippen LogP contribution in [0.15, 0.2) is 276 Å². The fourth-order valence-electron chi connectivity index (χ4n) is 10.1. The fourth-order valence-corrected chi connectivity index (χ4v) is 10.1. The number of para-hydroxylation sites is 1. The van der Waals surface area contributed by atoms with Crippen molar-refractivity contribution in [2.75, 3.05) is 0 Å². The summed E-state index contributed by atoms with van der Waals surface area (Å²) in [5.74, 6) is 0. The van der Waals surface area contributed by atoms with Gasteiger partial charge in [0.15, 0.2) is 0 Å². The largest absolute Gasteiger partial charge is 0.264 e. The molecular weight excluding hydrogens is 1440 g/mol. The van der Waals surface area contributed by atoms with Crippen LogP contribution >= 0.6 is 0 Å². The van der Waals surface area contributed by atoms with E-state index in [0.717, 1.165) is 116 Å². The van der Waals surface area contributed by atoms with Gasteiger partial charge >= 0.3 is 0 Å². The highest BCUT2D eigenvalue weighted by Crippen LogP contribution is 2.19. The number of benzene rings is 1. The summed E-state index contributed by atoms with van der Waals surface area (Å²) < 4.78 is 0. The van der Waals surface area contributed by atoms with E-state index in [1.54, 1.807) is 86.9 Å². The van der Waals surface area contributed by atoms with Crippen LogP contribution in [0.2, 0.25) is 0 Å². The molecule has 18 rings (SSSR count). The Morgan fingerprint density at radius 2 is 0.581 bits per heavy atom. The molecule has 0 unspecified atom stereocenters. The van der Waals surface area contributed by atoms with Crippen LogP contribution in [-0.2, 0) is 0 Å². The molecule has 0 bridgehead atoms. The summed E-state index contributed by atoms with van der Waals surface area (Å²) in [6, 6.07) is 45.7. The number of aromatic nitrogens is 18. The predicted molar refractivity (Wildman–Crippen MR) is 501 cm³/mol. The zero-order chi connectivity index (χ0) is 87.1. The van der Waals surface area contributed by atoms with E-state index in [-0.39, 0.29) is 0 Å². The fraction of sp³-hybridized carbons (Fsp3) is 0.273. The molecule has 0 aliphatic rings. The second-order valence-corrected chi connectivity index (χ2v) is 22.6. The molecule has 1 aromatic carbocycles. The van der Waals surface area contributed by atoms with Gasteiger partial charge in [0.05, 0.1) is 62.2 Å². The molecule has 17 aromatic heterocycles. The molecule has 0 N–H and O–H groups in total. The van der Waals surface area contributed by atoms with Crippen LogP contribution < -0.4 is 0 Å². The van der Waals surface area contributed by atoms with E-state index >= 15 is 0 Å². The summed E-state index contributed by atoms with van der Waals surface area (Å²) in [7, 11) is 0. The van der Waals surface area contributed by atoms with Crippen molar-refractivity contribution >= 4 is 98.0 Å². The molecule has 0 radical (unpaired) electrons. The van der Waals surface area contributed by atoms with Gasteiger partial charge in [-0.2, -0.15) is 0 Å². The molecular formula is C99H126N18. The number of fused-ring (bicyclic) bond motifs is 9. The Kier molecular flexibility index (Phi) is 54.5. The third kappa shape index (κ3) is 35.1. The van der Waals surface area contributed by atoms with Crippen molar-refractivity contribution in [2.24, 2.45) is 0 Å². The highest BCUT2D eigenvalue weighted by atomic mass is 14.8. The van der Waals surface area contributed by atoms with Crippen LogP contribution in [0.3, 0.4) is 0 Å². The van der Waals surface area contributed by atoms with E-state index in [4.69, 9.17) is 0 Å². The maximum absolute atomic E-state index is 4.24. The van der Waals surface area contributed by atoms with Gasteiger partial charge in [-0.1, -0.05) is 155 Å². The van der Waals surface area contributed by atoms with Gasteiger partial charge in [-0.05, 0) is 199 Å². The first-order chi connectivity index (χ1) is 57.3. The Hall–Kier alpha value is -13.0. The molecule has 612 valence electrons. The molecule has 0 saturated carbocycles. The van der Waals surface area contributed by atoms with Gasteiger partial charge in [-0.25, -0.2) is 9.97 Å². The Balaban J connectivity index is 0.000000642. The average Bonchev–Trinajstić information content (AvgIpc) is 0.829. The average molecular weight is 1570 g/mol. The van der Waals surface area contributed by atoms with Crippen LogP contribution in [0.4, 0.5) is 0 Å². The normalized spacial score (nSPS) is 9.15. The third-order valence-corrected chi connectivity index (χ3v) is 15.3. The third-order valence-electron chi connectivity index (χ3n) is 15.3. The molecule has 17 heterocycles. The van der Waals surface area contributed by atoms with E-state index in [9.17, 15) is 0 Å². The molecule has 0 aliphatic carbocycles. The van der Waals surface area contributed by atoms with Gasteiger partial charge in [0.25, 0.3) is 0 Å². The highest BCUT2D eigenvalue weighted by Gasteiger charge is 2.01. The van der Waals surface area contributed by atoms with Gasteiger partial charge in [0.1, 0.15) is 6.33 Å².